The van der Waals surface area contributed by atoms with E-state index in [1.807, 2.05) is 0 Å². The Morgan fingerprint density at radius 3 is 2.62 bits per heavy atom. The van der Waals surface area contributed by atoms with Gasteiger partial charge in [-0.3, -0.25) is 4.98 Å². The molecular formula is C14H12BrF3N2O3S. The fourth-order valence-corrected chi connectivity index (χ4v) is 3.55. The van der Waals surface area contributed by atoms with Gasteiger partial charge in [-0.15, -0.1) is 13.2 Å². The summed E-state index contributed by atoms with van der Waals surface area (Å²) in [5.41, 5.74) is 0.793. The van der Waals surface area contributed by atoms with E-state index in [1.165, 1.54) is 6.07 Å². The largest absolute Gasteiger partial charge is 0.573 e. The van der Waals surface area contributed by atoms with E-state index >= 15 is 0 Å². The quantitative estimate of drug-likeness (QED) is 0.772. The highest BCUT2D eigenvalue weighted by atomic mass is 79.9. The number of ether oxygens (including phenoxy) is 1. The SMILES string of the molecule is O=S(=O)(NCCc1cccnc1)c1cc(Br)ccc1OC(F)(F)F. The number of alkyl halides is 3. The Morgan fingerprint density at radius 1 is 1.25 bits per heavy atom. The molecule has 0 fully saturated rings. The van der Waals surface area contributed by atoms with Gasteiger partial charge in [0.1, 0.15) is 10.6 Å². The van der Waals surface area contributed by atoms with Crippen LogP contribution in [0.1, 0.15) is 5.56 Å². The maximum Gasteiger partial charge on any atom is 0.573 e. The van der Waals surface area contributed by atoms with Gasteiger partial charge in [-0.05, 0) is 36.2 Å². The highest BCUT2D eigenvalue weighted by molar-refractivity contribution is 9.10. The standard InChI is InChI=1S/C14H12BrF3N2O3S/c15-11-3-4-12(23-14(16,17)18)13(8-11)24(21,22)20-7-5-10-2-1-6-19-9-10/h1-4,6,8-9,20H,5,7H2. The molecule has 0 atom stereocenters. The van der Waals surface area contributed by atoms with Crippen molar-refractivity contribution in [2.45, 2.75) is 17.7 Å². The molecule has 1 N–H and O–H groups in total. The minimum absolute atomic E-state index is 0.00595. The van der Waals surface area contributed by atoms with Crippen molar-refractivity contribution in [2.75, 3.05) is 6.54 Å². The molecule has 1 heterocycles. The molecule has 2 aromatic rings. The minimum Gasteiger partial charge on any atom is -0.404 e. The van der Waals surface area contributed by atoms with E-state index in [2.05, 4.69) is 30.4 Å². The Balaban J connectivity index is 2.17. The number of rotatable bonds is 6. The van der Waals surface area contributed by atoms with Crippen LogP contribution in [0.15, 0.2) is 52.1 Å². The fourth-order valence-electron chi connectivity index (χ4n) is 1.85. The molecule has 0 saturated heterocycles. The van der Waals surface area contributed by atoms with Gasteiger partial charge in [-0.2, -0.15) is 0 Å². The van der Waals surface area contributed by atoms with Crippen molar-refractivity contribution in [1.29, 1.82) is 0 Å². The van der Waals surface area contributed by atoms with E-state index in [9.17, 15) is 21.6 Å². The minimum atomic E-state index is -4.99. The lowest BCUT2D eigenvalue weighted by atomic mass is 10.2. The van der Waals surface area contributed by atoms with Crippen LogP contribution in [0.3, 0.4) is 0 Å². The molecule has 0 radical (unpaired) electrons. The first kappa shape index (κ1) is 18.7. The normalized spacial score (nSPS) is 12.2. The van der Waals surface area contributed by atoms with E-state index < -0.39 is 27.0 Å². The fraction of sp³-hybridized carbons (Fsp3) is 0.214. The first-order valence-corrected chi connectivity index (χ1v) is 8.89. The predicted octanol–water partition coefficient (Wildman–Crippen LogP) is 3.26. The zero-order valence-corrected chi connectivity index (χ0v) is 14.5. The van der Waals surface area contributed by atoms with Crippen LogP contribution >= 0.6 is 15.9 Å². The average molecular weight is 425 g/mol. The highest BCUT2D eigenvalue weighted by Crippen LogP contribution is 2.31. The van der Waals surface area contributed by atoms with Gasteiger partial charge < -0.3 is 4.74 Å². The Kier molecular flexibility index (Phi) is 5.83. The molecule has 5 nitrogen and oxygen atoms in total. The van der Waals surface area contributed by atoms with Crippen LogP contribution in [0.5, 0.6) is 5.75 Å². The van der Waals surface area contributed by atoms with Gasteiger partial charge in [0.05, 0.1) is 0 Å². The van der Waals surface area contributed by atoms with Crippen LogP contribution in [-0.4, -0.2) is 26.3 Å². The number of halogens is 4. The van der Waals surface area contributed by atoms with Gasteiger partial charge in [0.2, 0.25) is 10.0 Å². The summed E-state index contributed by atoms with van der Waals surface area (Å²) in [6, 6.07) is 6.71. The van der Waals surface area contributed by atoms with Crippen LogP contribution in [0.2, 0.25) is 0 Å². The van der Waals surface area contributed by atoms with Crippen LogP contribution in [0.25, 0.3) is 0 Å². The summed E-state index contributed by atoms with van der Waals surface area (Å²) in [6.07, 6.45) is -1.49. The third-order valence-corrected chi connectivity index (χ3v) is 4.82. The molecule has 0 saturated carbocycles. The molecular weight excluding hydrogens is 413 g/mol. The number of sulfonamides is 1. The average Bonchev–Trinajstić information content (AvgIpc) is 2.48. The maximum atomic E-state index is 12.4. The van der Waals surface area contributed by atoms with Crippen LogP contribution in [0, 0.1) is 0 Å². The molecule has 24 heavy (non-hydrogen) atoms. The molecule has 0 aliphatic heterocycles. The van der Waals surface area contributed by atoms with Gasteiger partial charge in [-0.25, -0.2) is 13.1 Å². The summed E-state index contributed by atoms with van der Waals surface area (Å²) >= 11 is 3.04. The Morgan fingerprint density at radius 2 is 2.00 bits per heavy atom. The molecule has 1 aromatic heterocycles. The molecule has 130 valence electrons. The third kappa shape index (κ3) is 5.46. The third-order valence-electron chi connectivity index (χ3n) is 2.85. The monoisotopic (exact) mass is 424 g/mol. The molecule has 0 aliphatic carbocycles. The van der Waals surface area contributed by atoms with Crippen LogP contribution < -0.4 is 9.46 Å². The molecule has 1 aromatic carbocycles. The molecule has 0 unspecified atom stereocenters. The maximum absolute atomic E-state index is 12.4. The van der Waals surface area contributed by atoms with E-state index in [0.717, 1.165) is 17.7 Å². The lowest BCUT2D eigenvalue weighted by Crippen LogP contribution is -2.27. The predicted molar refractivity (Wildman–Crippen MR) is 84.0 cm³/mol. The number of benzene rings is 1. The van der Waals surface area contributed by atoms with Crippen molar-refractivity contribution in [2.24, 2.45) is 0 Å². The van der Waals surface area contributed by atoms with Crippen molar-refractivity contribution in [3.05, 3.63) is 52.8 Å². The van der Waals surface area contributed by atoms with E-state index in [-0.39, 0.29) is 6.54 Å². The lowest BCUT2D eigenvalue weighted by molar-refractivity contribution is -0.275. The van der Waals surface area contributed by atoms with E-state index in [1.54, 1.807) is 24.5 Å². The molecule has 10 heteroatoms. The van der Waals surface area contributed by atoms with E-state index in [4.69, 9.17) is 0 Å². The van der Waals surface area contributed by atoms with Gasteiger partial charge in [0, 0.05) is 23.4 Å². The summed E-state index contributed by atoms with van der Waals surface area (Å²) in [4.78, 5) is 3.30. The Hall–Kier alpha value is -1.65. The smallest absolute Gasteiger partial charge is 0.404 e. The second-order valence-corrected chi connectivity index (χ2v) is 7.30. The molecule has 2 rings (SSSR count). The Labute approximate surface area is 145 Å². The van der Waals surface area contributed by atoms with E-state index in [0.29, 0.717) is 10.9 Å². The first-order chi connectivity index (χ1) is 11.2. The van der Waals surface area contributed by atoms with Gasteiger partial charge >= 0.3 is 6.36 Å². The van der Waals surface area contributed by atoms with Crippen molar-refractivity contribution in [1.82, 2.24) is 9.71 Å². The summed E-state index contributed by atoms with van der Waals surface area (Å²) < 4.78 is 68.2. The second kappa shape index (κ2) is 7.49. The number of hydrogen-bond donors (Lipinski definition) is 1. The summed E-state index contributed by atoms with van der Waals surface area (Å²) in [6.45, 7) is 0.00595. The molecule has 0 amide bonds. The molecule has 0 aliphatic rings. The van der Waals surface area contributed by atoms with Gasteiger partial charge in [0.25, 0.3) is 0 Å². The summed E-state index contributed by atoms with van der Waals surface area (Å²) in [5, 5.41) is 0. The van der Waals surface area contributed by atoms with Crippen LogP contribution in [0.4, 0.5) is 13.2 Å². The number of hydrogen-bond acceptors (Lipinski definition) is 4. The number of nitrogens with zero attached hydrogens (tertiary/aromatic N) is 1. The van der Waals surface area contributed by atoms with Crippen molar-refractivity contribution in [3.8, 4) is 5.75 Å². The topological polar surface area (TPSA) is 68.3 Å². The highest BCUT2D eigenvalue weighted by Gasteiger charge is 2.34. The second-order valence-electron chi connectivity index (χ2n) is 4.65. The van der Waals surface area contributed by atoms with Crippen molar-refractivity contribution in [3.63, 3.8) is 0 Å². The number of nitrogens with one attached hydrogen (secondary N) is 1. The van der Waals surface area contributed by atoms with Gasteiger partial charge in [0.15, 0.2) is 0 Å². The summed E-state index contributed by atoms with van der Waals surface area (Å²) in [5.74, 6) is -0.792. The number of pyridine rings is 1. The molecule has 0 spiro atoms. The van der Waals surface area contributed by atoms with Crippen LogP contribution in [-0.2, 0) is 16.4 Å². The van der Waals surface area contributed by atoms with Crippen molar-refractivity contribution < 1.29 is 26.3 Å². The zero-order valence-electron chi connectivity index (χ0n) is 12.0. The van der Waals surface area contributed by atoms with Gasteiger partial charge in [-0.1, -0.05) is 22.0 Å². The molecule has 0 bridgehead atoms. The first-order valence-electron chi connectivity index (χ1n) is 6.61. The zero-order chi connectivity index (χ0) is 17.8. The lowest BCUT2D eigenvalue weighted by Gasteiger charge is -2.14. The summed E-state index contributed by atoms with van der Waals surface area (Å²) in [7, 11) is -4.18. The van der Waals surface area contributed by atoms with Crippen molar-refractivity contribution >= 4 is 26.0 Å². The number of aromatic nitrogens is 1. The Bertz CT molecular complexity index is 799.